The zero-order chi connectivity index (χ0) is 23.9. The molecule has 4 aliphatic rings. The molecule has 4 fully saturated rings. The number of aromatic nitrogens is 3. The maximum absolute atomic E-state index is 5.06. The highest BCUT2D eigenvalue weighted by molar-refractivity contribution is 5.81. The zero-order valence-electron chi connectivity index (χ0n) is 21.5. The third kappa shape index (κ3) is 4.62. The Kier molecular flexibility index (Phi) is 6.34. The molecule has 2 aromatic heterocycles. The molecule has 4 heterocycles. The summed E-state index contributed by atoms with van der Waals surface area (Å²) in [4.78, 5) is 10.2. The Morgan fingerprint density at radius 3 is 2.54 bits per heavy atom. The Morgan fingerprint density at radius 2 is 1.80 bits per heavy atom. The van der Waals surface area contributed by atoms with Gasteiger partial charge in [0.05, 0.1) is 5.69 Å². The van der Waals surface area contributed by atoms with Crippen molar-refractivity contribution in [3.63, 3.8) is 0 Å². The third-order valence-corrected chi connectivity index (χ3v) is 9.40. The monoisotopic (exact) mass is 474 g/mol. The number of pyridine rings is 1. The molecular weight excluding hydrogens is 432 g/mol. The number of anilines is 1. The number of rotatable bonds is 6. The molecule has 0 amide bonds. The second-order valence-electron chi connectivity index (χ2n) is 11.7. The van der Waals surface area contributed by atoms with E-state index in [0.29, 0.717) is 0 Å². The lowest BCUT2D eigenvalue weighted by atomic mass is 9.90. The smallest absolute Gasteiger partial charge is 0.160 e. The first kappa shape index (κ1) is 23.1. The molecule has 2 saturated carbocycles. The number of piperidine rings is 1. The summed E-state index contributed by atoms with van der Waals surface area (Å²) >= 11 is 0. The molecule has 188 valence electrons. The minimum Gasteiger partial charge on any atom is -0.363 e. The van der Waals surface area contributed by atoms with Crippen LogP contribution in [0.15, 0.2) is 36.7 Å². The van der Waals surface area contributed by atoms with Crippen LogP contribution < -0.4 is 10.2 Å². The van der Waals surface area contributed by atoms with Gasteiger partial charge in [-0.05, 0) is 75.0 Å². The fourth-order valence-corrected chi connectivity index (χ4v) is 7.48. The lowest BCUT2D eigenvalue weighted by Gasteiger charge is -2.35. The highest BCUT2D eigenvalue weighted by Crippen LogP contribution is 2.48. The molecule has 2 aromatic rings. The number of nitrogens with one attached hydrogen (secondary N) is 1. The number of fused-ring (bicyclic) bond motifs is 2. The molecule has 6 heteroatoms. The van der Waals surface area contributed by atoms with Gasteiger partial charge >= 0.3 is 0 Å². The van der Waals surface area contributed by atoms with Crippen molar-refractivity contribution >= 4 is 16.9 Å². The van der Waals surface area contributed by atoms with E-state index in [-0.39, 0.29) is 5.92 Å². The van der Waals surface area contributed by atoms with E-state index >= 15 is 0 Å². The number of piperazine rings is 1. The summed E-state index contributed by atoms with van der Waals surface area (Å²) in [5.41, 5.74) is 4.10. The summed E-state index contributed by atoms with van der Waals surface area (Å²) in [5.74, 6) is 4.48. The SMILES string of the molecule is C=C1CCC(c2nn(C)c3nc(N4CCN(CCCC5C[C@H]6CCC[C@H]6C5)CC4)ccc23)C(=C)N1. The van der Waals surface area contributed by atoms with Crippen LogP contribution in [0.3, 0.4) is 0 Å². The van der Waals surface area contributed by atoms with Crippen molar-refractivity contribution in [2.45, 2.75) is 63.7 Å². The topological polar surface area (TPSA) is 49.2 Å². The van der Waals surface area contributed by atoms with Gasteiger partial charge in [0, 0.05) is 55.9 Å². The van der Waals surface area contributed by atoms with E-state index in [1.807, 2.05) is 11.7 Å². The van der Waals surface area contributed by atoms with E-state index in [0.717, 1.165) is 90.7 Å². The Morgan fingerprint density at radius 1 is 1.03 bits per heavy atom. The zero-order valence-corrected chi connectivity index (χ0v) is 21.5. The fraction of sp³-hybridized carbons (Fsp3) is 0.655. The van der Waals surface area contributed by atoms with E-state index in [4.69, 9.17) is 10.1 Å². The van der Waals surface area contributed by atoms with Gasteiger partial charge in [0.25, 0.3) is 0 Å². The van der Waals surface area contributed by atoms with Gasteiger partial charge < -0.3 is 10.2 Å². The van der Waals surface area contributed by atoms with Gasteiger partial charge in [-0.15, -0.1) is 0 Å². The minimum absolute atomic E-state index is 0.212. The van der Waals surface area contributed by atoms with Crippen molar-refractivity contribution in [3.8, 4) is 0 Å². The molecule has 2 unspecified atom stereocenters. The molecule has 0 radical (unpaired) electrons. The maximum Gasteiger partial charge on any atom is 0.160 e. The average Bonchev–Trinajstić information content (AvgIpc) is 3.53. The quantitative estimate of drug-likeness (QED) is 0.624. The van der Waals surface area contributed by atoms with Gasteiger partial charge in [-0.3, -0.25) is 9.58 Å². The van der Waals surface area contributed by atoms with Gasteiger partial charge in [0.2, 0.25) is 0 Å². The maximum atomic E-state index is 5.06. The molecule has 35 heavy (non-hydrogen) atoms. The number of nitrogens with zero attached hydrogens (tertiary/aromatic N) is 5. The number of aryl methyl sites for hydroxylation is 1. The Hall–Kier alpha value is -2.34. The van der Waals surface area contributed by atoms with Crippen LogP contribution in [0.1, 0.15) is 69.4 Å². The van der Waals surface area contributed by atoms with E-state index < -0.39 is 0 Å². The number of hydrogen-bond acceptors (Lipinski definition) is 5. The van der Waals surface area contributed by atoms with E-state index in [1.165, 1.54) is 51.5 Å². The van der Waals surface area contributed by atoms with Crippen molar-refractivity contribution < 1.29 is 0 Å². The van der Waals surface area contributed by atoms with Crippen LogP contribution in [-0.4, -0.2) is 52.4 Å². The molecule has 0 bridgehead atoms. The van der Waals surface area contributed by atoms with Crippen LogP contribution in [0, 0.1) is 17.8 Å². The summed E-state index contributed by atoms with van der Waals surface area (Å²) < 4.78 is 1.94. The van der Waals surface area contributed by atoms with Crippen LogP contribution in [0.4, 0.5) is 5.82 Å². The fourth-order valence-electron chi connectivity index (χ4n) is 7.48. The van der Waals surface area contributed by atoms with Gasteiger partial charge in [-0.25, -0.2) is 4.98 Å². The van der Waals surface area contributed by atoms with Gasteiger partial charge in [-0.2, -0.15) is 5.10 Å². The number of hydrogen-bond donors (Lipinski definition) is 1. The Labute approximate surface area is 210 Å². The molecule has 2 aliphatic heterocycles. The molecule has 0 aromatic carbocycles. The average molecular weight is 475 g/mol. The highest BCUT2D eigenvalue weighted by Gasteiger charge is 2.36. The van der Waals surface area contributed by atoms with Crippen molar-refractivity contribution in [1.29, 1.82) is 0 Å². The van der Waals surface area contributed by atoms with Crippen LogP contribution in [0.2, 0.25) is 0 Å². The molecule has 6 rings (SSSR count). The second kappa shape index (κ2) is 9.61. The molecule has 6 nitrogen and oxygen atoms in total. The standard InChI is InChI=1S/C29H42N6/c1-20-9-10-25(21(2)30-20)28-26-11-12-27(31-29(26)33(3)32-28)35-16-14-34(15-17-35)13-5-6-22-18-23-7-4-8-24(23)19-22/h11-12,22-25,30H,1-2,4-10,13-19H2,3H3/t22?,23-,24+,25?. The molecule has 2 aliphatic carbocycles. The second-order valence-corrected chi connectivity index (χ2v) is 11.7. The van der Waals surface area contributed by atoms with Crippen LogP contribution in [-0.2, 0) is 7.05 Å². The molecule has 1 N–H and O–H groups in total. The summed E-state index contributed by atoms with van der Waals surface area (Å²) in [6, 6.07) is 4.41. The predicted molar refractivity (Wildman–Crippen MR) is 143 cm³/mol. The summed E-state index contributed by atoms with van der Waals surface area (Å²) in [7, 11) is 2.01. The van der Waals surface area contributed by atoms with Crippen LogP contribution >= 0.6 is 0 Å². The summed E-state index contributed by atoms with van der Waals surface area (Å²) in [5, 5.41) is 9.35. The normalized spacial score (nSPS) is 29.7. The molecular formula is C29H42N6. The largest absolute Gasteiger partial charge is 0.363 e. The predicted octanol–water partition coefficient (Wildman–Crippen LogP) is 5.19. The van der Waals surface area contributed by atoms with Gasteiger partial charge in [-0.1, -0.05) is 32.4 Å². The minimum atomic E-state index is 0.212. The van der Waals surface area contributed by atoms with E-state index in [2.05, 4.69) is 40.4 Å². The van der Waals surface area contributed by atoms with Gasteiger partial charge in [0.1, 0.15) is 5.82 Å². The van der Waals surface area contributed by atoms with Crippen LogP contribution in [0.25, 0.3) is 11.0 Å². The molecule has 2 saturated heterocycles. The number of allylic oxidation sites excluding steroid dienone is 2. The highest BCUT2D eigenvalue weighted by atomic mass is 15.3. The van der Waals surface area contributed by atoms with Crippen LogP contribution in [0.5, 0.6) is 0 Å². The Balaban J connectivity index is 1.03. The van der Waals surface area contributed by atoms with Crippen molar-refractivity contribution in [2.24, 2.45) is 24.8 Å². The van der Waals surface area contributed by atoms with Crippen molar-refractivity contribution in [2.75, 3.05) is 37.6 Å². The third-order valence-electron chi connectivity index (χ3n) is 9.40. The van der Waals surface area contributed by atoms with E-state index in [1.54, 1.807) is 0 Å². The molecule has 4 atom stereocenters. The Bertz CT molecular complexity index is 1080. The lowest BCUT2D eigenvalue weighted by molar-refractivity contribution is 0.245. The first-order valence-corrected chi connectivity index (χ1v) is 14.0. The molecule has 0 spiro atoms. The first-order valence-electron chi connectivity index (χ1n) is 14.0. The summed E-state index contributed by atoms with van der Waals surface area (Å²) in [6.07, 6.45) is 12.4. The van der Waals surface area contributed by atoms with Crippen molar-refractivity contribution in [3.05, 3.63) is 42.4 Å². The first-order chi connectivity index (χ1) is 17.0. The lowest BCUT2D eigenvalue weighted by Crippen LogP contribution is -2.47. The van der Waals surface area contributed by atoms with E-state index in [9.17, 15) is 0 Å². The van der Waals surface area contributed by atoms with Gasteiger partial charge in [0.15, 0.2) is 5.65 Å². The summed E-state index contributed by atoms with van der Waals surface area (Å²) in [6.45, 7) is 14.0. The van der Waals surface area contributed by atoms with Crippen molar-refractivity contribution in [1.82, 2.24) is 25.0 Å².